The molecule has 1 aliphatic carbocycles. The average molecular weight is 461 g/mol. The van der Waals surface area contributed by atoms with Gasteiger partial charge in [0.25, 0.3) is 0 Å². The normalized spacial score (nSPS) is 18.7. The third-order valence-corrected chi connectivity index (χ3v) is 7.06. The molecule has 5 heteroatoms. The highest BCUT2D eigenvalue weighted by atomic mass is 19.2. The molecular weight excluding hydrogens is 431 g/mol. The second-order valence-electron chi connectivity index (χ2n) is 9.30. The molecule has 0 spiro atoms. The summed E-state index contributed by atoms with van der Waals surface area (Å²) in [7, 11) is 0. The monoisotopic (exact) mass is 460 g/mol. The molecule has 0 N–H and O–H groups in total. The maximum absolute atomic E-state index is 14.8. The Hall–Kier alpha value is -2.43. The predicted octanol–water partition coefficient (Wildman–Crippen LogP) is 9.10. The zero-order chi connectivity index (χ0) is 23.5. The van der Waals surface area contributed by atoms with E-state index in [1.54, 1.807) is 12.1 Å². The topological polar surface area (TPSA) is 0 Å². The molecule has 3 aromatic rings. The Morgan fingerprint density at radius 1 is 0.697 bits per heavy atom. The third-order valence-electron chi connectivity index (χ3n) is 7.06. The molecule has 0 nitrogen and oxygen atoms in total. The van der Waals surface area contributed by atoms with E-state index in [9.17, 15) is 22.0 Å². The van der Waals surface area contributed by atoms with Crippen molar-refractivity contribution >= 4 is 10.8 Å². The Balaban J connectivity index is 1.45. The van der Waals surface area contributed by atoms with Crippen molar-refractivity contribution in [3.8, 4) is 0 Å². The van der Waals surface area contributed by atoms with Crippen LogP contribution in [0.25, 0.3) is 10.8 Å². The Morgan fingerprint density at radius 3 is 2.03 bits per heavy atom. The van der Waals surface area contributed by atoms with E-state index in [-0.39, 0.29) is 22.8 Å². The summed E-state index contributed by atoms with van der Waals surface area (Å²) in [4.78, 5) is 0. The van der Waals surface area contributed by atoms with Crippen LogP contribution in [0.15, 0.2) is 36.4 Å². The van der Waals surface area contributed by atoms with Gasteiger partial charge in [-0.25, -0.2) is 22.0 Å². The summed E-state index contributed by atoms with van der Waals surface area (Å²) in [6, 6.07) is 8.90. The first-order chi connectivity index (χ1) is 15.9. The van der Waals surface area contributed by atoms with E-state index in [0.717, 1.165) is 50.2 Å². The summed E-state index contributed by atoms with van der Waals surface area (Å²) in [5.74, 6) is -4.82. The van der Waals surface area contributed by atoms with Crippen LogP contribution in [0.5, 0.6) is 0 Å². The molecule has 0 unspecified atom stereocenters. The molecule has 0 atom stereocenters. The van der Waals surface area contributed by atoms with Crippen molar-refractivity contribution in [1.82, 2.24) is 0 Å². The molecule has 1 aliphatic rings. The lowest BCUT2D eigenvalue weighted by atomic mass is 9.75. The van der Waals surface area contributed by atoms with Crippen LogP contribution in [0.3, 0.4) is 0 Å². The summed E-state index contributed by atoms with van der Waals surface area (Å²) in [5.41, 5.74) is 1.81. The van der Waals surface area contributed by atoms with Crippen molar-refractivity contribution in [3.63, 3.8) is 0 Å². The Morgan fingerprint density at radius 2 is 1.36 bits per heavy atom. The highest BCUT2D eigenvalue weighted by Crippen LogP contribution is 2.43. The molecule has 0 heterocycles. The first kappa shape index (κ1) is 23.7. The van der Waals surface area contributed by atoms with Crippen LogP contribution in [-0.4, -0.2) is 0 Å². The number of benzene rings is 3. The lowest BCUT2D eigenvalue weighted by Crippen LogP contribution is -2.15. The maximum Gasteiger partial charge on any atom is 0.195 e. The summed E-state index contributed by atoms with van der Waals surface area (Å²) in [6.45, 7) is 2.13. The molecule has 0 bridgehead atoms. The minimum absolute atomic E-state index is 0.0465. The van der Waals surface area contributed by atoms with Crippen LogP contribution in [0, 0.1) is 29.1 Å². The zero-order valence-electron chi connectivity index (χ0n) is 18.9. The van der Waals surface area contributed by atoms with E-state index in [2.05, 4.69) is 6.92 Å². The smallest absolute Gasteiger partial charge is 0.195 e. The van der Waals surface area contributed by atoms with Crippen LogP contribution in [0.2, 0.25) is 0 Å². The molecule has 1 fully saturated rings. The fraction of sp³-hybridized carbons (Fsp3) is 0.429. The molecule has 0 aliphatic heterocycles. The van der Waals surface area contributed by atoms with Gasteiger partial charge in [0.2, 0.25) is 0 Å². The quantitative estimate of drug-likeness (QED) is 0.187. The van der Waals surface area contributed by atoms with Gasteiger partial charge < -0.3 is 0 Å². The number of aryl methyl sites for hydroxylation is 1. The molecule has 176 valence electrons. The summed E-state index contributed by atoms with van der Waals surface area (Å²) >= 11 is 0. The molecule has 0 amide bonds. The van der Waals surface area contributed by atoms with Crippen molar-refractivity contribution in [1.29, 1.82) is 0 Å². The molecule has 33 heavy (non-hydrogen) atoms. The van der Waals surface area contributed by atoms with Gasteiger partial charge in [0.15, 0.2) is 17.5 Å². The van der Waals surface area contributed by atoms with Crippen molar-refractivity contribution in [2.45, 2.75) is 76.5 Å². The number of rotatable bonds is 7. The second kappa shape index (κ2) is 10.2. The van der Waals surface area contributed by atoms with Gasteiger partial charge in [0.1, 0.15) is 11.6 Å². The molecule has 0 aromatic heterocycles. The highest BCUT2D eigenvalue weighted by Gasteiger charge is 2.28. The van der Waals surface area contributed by atoms with Gasteiger partial charge in [-0.2, -0.15) is 0 Å². The van der Waals surface area contributed by atoms with E-state index >= 15 is 0 Å². The summed E-state index contributed by atoms with van der Waals surface area (Å²) in [6.07, 6.45) is 7.66. The number of unbranched alkanes of at least 4 members (excludes halogenated alkanes) is 3. The average Bonchev–Trinajstić information content (AvgIpc) is 2.80. The first-order valence-electron chi connectivity index (χ1n) is 11.9. The molecule has 0 saturated heterocycles. The standard InChI is InChI=1S/C28H29F5/c1-2-3-4-5-6-17-13-23(29)26(24(30)14-17)19-9-7-18(8-10-19)20-11-12-22-21(15-20)16-25(31)28(33)27(22)32/h11-16,18-19H,2-10H2,1H3. The van der Waals surface area contributed by atoms with E-state index in [0.29, 0.717) is 30.2 Å². The molecular formula is C28H29F5. The summed E-state index contributed by atoms with van der Waals surface area (Å²) in [5, 5.41) is 0.364. The van der Waals surface area contributed by atoms with Crippen LogP contribution in [-0.2, 0) is 6.42 Å². The van der Waals surface area contributed by atoms with Crippen LogP contribution in [0.1, 0.15) is 86.8 Å². The second-order valence-corrected chi connectivity index (χ2v) is 9.30. The number of hydrogen-bond donors (Lipinski definition) is 0. The maximum atomic E-state index is 14.8. The van der Waals surface area contributed by atoms with Crippen LogP contribution in [0.4, 0.5) is 22.0 Å². The van der Waals surface area contributed by atoms with Crippen LogP contribution < -0.4 is 0 Å². The first-order valence-corrected chi connectivity index (χ1v) is 11.9. The van der Waals surface area contributed by atoms with E-state index in [1.165, 1.54) is 18.2 Å². The van der Waals surface area contributed by atoms with Gasteiger partial charge in [-0.05, 0) is 85.1 Å². The largest absolute Gasteiger partial charge is 0.207 e. The van der Waals surface area contributed by atoms with Crippen molar-refractivity contribution in [2.24, 2.45) is 0 Å². The van der Waals surface area contributed by atoms with Gasteiger partial charge >= 0.3 is 0 Å². The minimum atomic E-state index is -1.47. The van der Waals surface area contributed by atoms with Crippen molar-refractivity contribution in [2.75, 3.05) is 0 Å². The van der Waals surface area contributed by atoms with Gasteiger partial charge in [-0.15, -0.1) is 0 Å². The highest BCUT2D eigenvalue weighted by molar-refractivity contribution is 5.84. The van der Waals surface area contributed by atoms with E-state index in [4.69, 9.17) is 0 Å². The molecule has 3 aromatic carbocycles. The van der Waals surface area contributed by atoms with Crippen LogP contribution >= 0.6 is 0 Å². The lowest BCUT2D eigenvalue weighted by Gasteiger charge is -2.30. The zero-order valence-corrected chi connectivity index (χ0v) is 18.9. The molecule has 0 radical (unpaired) electrons. The van der Waals surface area contributed by atoms with E-state index in [1.807, 2.05) is 0 Å². The van der Waals surface area contributed by atoms with Gasteiger partial charge in [-0.3, -0.25) is 0 Å². The fourth-order valence-corrected chi connectivity index (χ4v) is 5.22. The minimum Gasteiger partial charge on any atom is -0.207 e. The molecule has 1 saturated carbocycles. The number of halogens is 5. The third kappa shape index (κ3) is 5.07. The van der Waals surface area contributed by atoms with Crippen molar-refractivity contribution < 1.29 is 22.0 Å². The Bertz CT molecular complexity index is 1110. The van der Waals surface area contributed by atoms with Gasteiger partial charge in [0.05, 0.1) is 0 Å². The number of hydrogen-bond acceptors (Lipinski definition) is 0. The predicted molar refractivity (Wildman–Crippen MR) is 122 cm³/mol. The van der Waals surface area contributed by atoms with E-state index < -0.39 is 29.1 Å². The lowest BCUT2D eigenvalue weighted by molar-refractivity contribution is 0.376. The summed E-state index contributed by atoms with van der Waals surface area (Å²) < 4.78 is 70.8. The Kier molecular flexibility index (Phi) is 7.35. The van der Waals surface area contributed by atoms with Gasteiger partial charge in [-0.1, -0.05) is 44.4 Å². The Labute approximate surface area is 191 Å². The number of fused-ring (bicyclic) bond motifs is 1. The fourth-order valence-electron chi connectivity index (χ4n) is 5.22. The SMILES string of the molecule is CCCCCCc1cc(F)c(C2CCC(c3ccc4c(F)c(F)c(F)cc4c3)CC2)c(F)c1. The van der Waals surface area contributed by atoms with Crippen molar-refractivity contribution in [3.05, 3.63) is 82.2 Å². The molecule has 4 rings (SSSR count). The van der Waals surface area contributed by atoms with Gasteiger partial charge in [0, 0.05) is 10.9 Å².